The first-order valence-corrected chi connectivity index (χ1v) is 6.37. The molecule has 0 aromatic rings. The Kier molecular flexibility index (Phi) is 5.75. The van der Waals surface area contributed by atoms with Gasteiger partial charge >= 0.3 is 11.9 Å². The standard InChI is InChI=1S/C12H20N2O5/c1-7(8-5-13-6-8)11(17)14-9(12(18)19)3-2-4-10(15)16/h7-9,13H,2-6H2,1H3,(H,14,17)(H,15,16)(H,18,19)/t7?,9-/m1/s1. The van der Waals surface area contributed by atoms with E-state index in [0.29, 0.717) is 0 Å². The highest BCUT2D eigenvalue weighted by molar-refractivity contribution is 5.85. The molecule has 19 heavy (non-hydrogen) atoms. The minimum absolute atomic E-state index is 0.0955. The number of rotatable bonds is 8. The molecule has 0 aliphatic carbocycles. The lowest BCUT2D eigenvalue weighted by molar-refractivity contribution is -0.143. The number of hydrogen-bond donors (Lipinski definition) is 4. The molecule has 0 saturated carbocycles. The lowest BCUT2D eigenvalue weighted by Gasteiger charge is -2.32. The summed E-state index contributed by atoms with van der Waals surface area (Å²) in [7, 11) is 0. The first-order chi connectivity index (χ1) is 8.91. The third-order valence-electron chi connectivity index (χ3n) is 3.43. The Hall–Kier alpha value is -1.63. The number of carboxylic acids is 2. The number of amides is 1. The van der Waals surface area contributed by atoms with Gasteiger partial charge in [-0.3, -0.25) is 9.59 Å². The van der Waals surface area contributed by atoms with E-state index >= 15 is 0 Å². The monoisotopic (exact) mass is 272 g/mol. The molecule has 0 aromatic heterocycles. The van der Waals surface area contributed by atoms with Gasteiger partial charge in [0.2, 0.25) is 5.91 Å². The van der Waals surface area contributed by atoms with E-state index in [0.717, 1.165) is 13.1 Å². The second-order valence-corrected chi connectivity index (χ2v) is 4.89. The molecule has 1 amide bonds. The number of nitrogens with one attached hydrogen (secondary N) is 2. The quantitative estimate of drug-likeness (QED) is 0.480. The largest absolute Gasteiger partial charge is 0.481 e. The molecule has 1 heterocycles. The van der Waals surface area contributed by atoms with Crippen LogP contribution in [0.5, 0.6) is 0 Å². The maximum Gasteiger partial charge on any atom is 0.326 e. The first-order valence-electron chi connectivity index (χ1n) is 6.37. The molecule has 1 aliphatic rings. The van der Waals surface area contributed by atoms with Gasteiger partial charge < -0.3 is 20.8 Å². The molecule has 0 spiro atoms. The van der Waals surface area contributed by atoms with Crippen molar-refractivity contribution in [3.63, 3.8) is 0 Å². The van der Waals surface area contributed by atoms with Crippen LogP contribution in [-0.2, 0) is 14.4 Å². The van der Waals surface area contributed by atoms with Crippen molar-refractivity contribution in [3.8, 4) is 0 Å². The molecule has 1 fully saturated rings. The Bertz CT molecular complexity index is 354. The van der Waals surface area contributed by atoms with Gasteiger partial charge in [0.1, 0.15) is 6.04 Å². The summed E-state index contributed by atoms with van der Waals surface area (Å²) < 4.78 is 0. The van der Waals surface area contributed by atoms with E-state index in [2.05, 4.69) is 10.6 Å². The maximum atomic E-state index is 11.9. The fourth-order valence-electron chi connectivity index (χ4n) is 1.90. The van der Waals surface area contributed by atoms with Gasteiger partial charge in [-0.25, -0.2) is 4.79 Å². The van der Waals surface area contributed by atoms with E-state index in [1.54, 1.807) is 6.92 Å². The van der Waals surface area contributed by atoms with Crippen LogP contribution in [0.2, 0.25) is 0 Å². The van der Waals surface area contributed by atoms with E-state index < -0.39 is 18.0 Å². The Morgan fingerprint density at radius 3 is 2.37 bits per heavy atom. The highest BCUT2D eigenvalue weighted by atomic mass is 16.4. The van der Waals surface area contributed by atoms with E-state index in [1.165, 1.54) is 0 Å². The fourth-order valence-corrected chi connectivity index (χ4v) is 1.90. The molecule has 4 N–H and O–H groups in total. The van der Waals surface area contributed by atoms with E-state index in [9.17, 15) is 14.4 Å². The zero-order chi connectivity index (χ0) is 14.4. The van der Waals surface area contributed by atoms with Crippen molar-refractivity contribution in [1.29, 1.82) is 0 Å². The van der Waals surface area contributed by atoms with E-state index in [-0.39, 0.29) is 37.0 Å². The molecular formula is C12H20N2O5. The highest BCUT2D eigenvalue weighted by Crippen LogP contribution is 2.16. The van der Waals surface area contributed by atoms with Gasteiger partial charge in [-0.15, -0.1) is 0 Å². The first kappa shape index (κ1) is 15.4. The van der Waals surface area contributed by atoms with Crippen molar-refractivity contribution < 1.29 is 24.6 Å². The number of aliphatic carboxylic acids is 2. The van der Waals surface area contributed by atoms with Crippen LogP contribution in [0.25, 0.3) is 0 Å². The van der Waals surface area contributed by atoms with Gasteiger partial charge in [0.25, 0.3) is 0 Å². The predicted molar refractivity (Wildman–Crippen MR) is 66.6 cm³/mol. The molecule has 0 radical (unpaired) electrons. The summed E-state index contributed by atoms with van der Waals surface area (Å²) in [5.74, 6) is -2.37. The van der Waals surface area contributed by atoms with Crippen molar-refractivity contribution in [2.45, 2.75) is 32.2 Å². The summed E-state index contributed by atoms with van der Waals surface area (Å²) in [6.07, 6.45) is 0.261. The summed E-state index contributed by atoms with van der Waals surface area (Å²) in [6.45, 7) is 3.31. The topological polar surface area (TPSA) is 116 Å². The van der Waals surface area contributed by atoms with Gasteiger partial charge in [-0.1, -0.05) is 6.92 Å². The van der Waals surface area contributed by atoms with Gasteiger partial charge in [0.15, 0.2) is 0 Å². The molecule has 1 aliphatic heterocycles. The molecule has 1 unspecified atom stereocenters. The van der Waals surface area contributed by atoms with Crippen LogP contribution < -0.4 is 10.6 Å². The SMILES string of the molecule is CC(C(=O)N[C@H](CCCC(=O)O)C(=O)O)C1CNC1. The predicted octanol–water partition coefficient (Wildman–Crippen LogP) is -0.334. The third kappa shape index (κ3) is 4.86. The number of carboxylic acid groups (broad SMARTS) is 2. The van der Waals surface area contributed by atoms with Gasteiger partial charge in [-0.2, -0.15) is 0 Å². The summed E-state index contributed by atoms with van der Waals surface area (Å²) in [5.41, 5.74) is 0. The van der Waals surface area contributed by atoms with E-state index in [4.69, 9.17) is 10.2 Å². The number of carbonyl (C=O) groups is 3. The van der Waals surface area contributed by atoms with Crippen LogP contribution in [0, 0.1) is 11.8 Å². The summed E-state index contributed by atoms with van der Waals surface area (Å²) in [4.78, 5) is 33.3. The Morgan fingerprint density at radius 1 is 1.32 bits per heavy atom. The lowest BCUT2D eigenvalue weighted by Crippen LogP contribution is -2.52. The summed E-state index contributed by atoms with van der Waals surface area (Å²) in [5, 5.41) is 23.0. The Morgan fingerprint density at radius 2 is 1.95 bits per heavy atom. The van der Waals surface area contributed by atoms with Crippen LogP contribution in [0.1, 0.15) is 26.2 Å². The van der Waals surface area contributed by atoms with Crippen LogP contribution in [0.3, 0.4) is 0 Å². The molecule has 7 heteroatoms. The molecule has 7 nitrogen and oxygen atoms in total. The van der Waals surface area contributed by atoms with Crippen molar-refractivity contribution in [2.24, 2.45) is 11.8 Å². The molecule has 0 bridgehead atoms. The van der Waals surface area contributed by atoms with Crippen molar-refractivity contribution in [3.05, 3.63) is 0 Å². The van der Waals surface area contributed by atoms with Crippen LogP contribution in [0.4, 0.5) is 0 Å². The van der Waals surface area contributed by atoms with Crippen LogP contribution >= 0.6 is 0 Å². The molecule has 108 valence electrons. The molecular weight excluding hydrogens is 252 g/mol. The van der Waals surface area contributed by atoms with Gasteiger partial charge in [0.05, 0.1) is 0 Å². The number of hydrogen-bond acceptors (Lipinski definition) is 4. The molecule has 0 aromatic carbocycles. The minimum atomic E-state index is -1.13. The zero-order valence-electron chi connectivity index (χ0n) is 10.9. The van der Waals surface area contributed by atoms with E-state index in [1.807, 2.05) is 0 Å². The zero-order valence-corrected chi connectivity index (χ0v) is 10.9. The van der Waals surface area contributed by atoms with Gasteiger partial charge in [0, 0.05) is 12.3 Å². The average Bonchev–Trinajstić information content (AvgIpc) is 2.24. The lowest BCUT2D eigenvalue weighted by atomic mass is 9.88. The maximum absolute atomic E-state index is 11.9. The highest BCUT2D eigenvalue weighted by Gasteiger charge is 2.31. The normalized spacial score (nSPS) is 18.2. The smallest absolute Gasteiger partial charge is 0.326 e. The Balaban J connectivity index is 2.41. The second kappa shape index (κ2) is 7.08. The number of carbonyl (C=O) groups excluding carboxylic acids is 1. The molecule has 1 saturated heterocycles. The summed E-state index contributed by atoms with van der Waals surface area (Å²) >= 11 is 0. The van der Waals surface area contributed by atoms with Crippen molar-refractivity contribution in [2.75, 3.05) is 13.1 Å². The Labute approximate surface area is 111 Å². The van der Waals surface area contributed by atoms with Crippen molar-refractivity contribution in [1.82, 2.24) is 10.6 Å². The van der Waals surface area contributed by atoms with Crippen molar-refractivity contribution >= 4 is 17.8 Å². The third-order valence-corrected chi connectivity index (χ3v) is 3.43. The average molecular weight is 272 g/mol. The molecule has 2 atom stereocenters. The summed E-state index contributed by atoms with van der Waals surface area (Å²) in [6, 6.07) is -1.01. The van der Waals surface area contributed by atoms with Crippen LogP contribution in [0.15, 0.2) is 0 Å². The minimum Gasteiger partial charge on any atom is -0.481 e. The second-order valence-electron chi connectivity index (χ2n) is 4.89. The fraction of sp³-hybridized carbons (Fsp3) is 0.750. The van der Waals surface area contributed by atoms with Gasteiger partial charge in [-0.05, 0) is 31.8 Å². The van der Waals surface area contributed by atoms with Crippen LogP contribution in [-0.4, -0.2) is 47.2 Å². The molecule has 1 rings (SSSR count).